The average Bonchev–Trinajstić information content (AvgIpc) is 2.98. The number of hydrogen-bond donors (Lipinski definition) is 0. The molecule has 0 saturated heterocycles. The van der Waals surface area contributed by atoms with Crippen molar-refractivity contribution in [3.05, 3.63) is 138 Å². The first kappa shape index (κ1) is 24.5. The summed E-state index contributed by atoms with van der Waals surface area (Å²) in [4.78, 5) is 4.79. The second kappa shape index (κ2) is 8.76. The third-order valence-electron chi connectivity index (χ3n) is 8.90. The Labute approximate surface area is 237 Å². The summed E-state index contributed by atoms with van der Waals surface area (Å²) in [6, 6.07) is 41.7. The molecule has 0 bridgehead atoms. The topological polar surface area (TPSA) is 15.7 Å². The molecule has 3 heteroatoms. The molecule has 0 aromatic heterocycles. The maximum Gasteiger partial charge on any atom is 0.123 e. The number of methoxy groups -OCH3 is 1. The van der Waals surface area contributed by atoms with Crippen LogP contribution in [0.4, 0.5) is 34.1 Å². The van der Waals surface area contributed by atoms with Gasteiger partial charge in [0.1, 0.15) is 5.75 Å². The van der Waals surface area contributed by atoms with E-state index in [0.717, 1.165) is 17.1 Å². The summed E-state index contributed by atoms with van der Waals surface area (Å²) < 4.78 is 5.96. The van der Waals surface area contributed by atoms with Crippen molar-refractivity contribution in [3.8, 4) is 5.75 Å². The summed E-state index contributed by atoms with van der Waals surface area (Å²) in [5.74, 6) is 0.826. The van der Waals surface area contributed by atoms with Crippen LogP contribution in [-0.4, -0.2) is 7.11 Å². The maximum atomic E-state index is 5.96. The fourth-order valence-electron chi connectivity index (χ4n) is 6.84. The molecule has 0 radical (unpaired) electrons. The Morgan fingerprint density at radius 1 is 0.450 bits per heavy atom. The van der Waals surface area contributed by atoms with Crippen molar-refractivity contribution in [2.75, 3.05) is 16.9 Å². The lowest BCUT2D eigenvalue weighted by molar-refractivity contribution is 0.415. The minimum atomic E-state index is -0.109. The SMILES string of the molecule is COc1cc(N2c3ccccc3C(C)(C)c3ccccc32)cc(N2c3ccccc3C(C)(C)c3ccccc32)c1. The van der Waals surface area contributed by atoms with Crippen molar-refractivity contribution >= 4 is 34.1 Å². The Hall–Kier alpha value is -4.50. The van der Waals surface area contributed by atoms with Gasteiger partial charge in [0.2, 0.25) is 0 Å². The van der Waals surface area contributed by atoms with Crippen LogP contribution in [0.2, 0.25) is 0 Å². The highest BCUT2D eigenvalue weighted by atomic mass is 16.5. The van der Waals surface area contributed by atoms with E-state index < -0.39 is 0 Å². The van der Waals surface area contributed by atoms with Crippen LogP contribution in [0.15, 0.2) is 115 Å². The van der Waals surface area contributed by atoms with Gasteiger partial charge < -0.3 is 14.5 Å². The first-order valence-corrected chi connectivity index (χ1v) is 14.0. The molecule has 0 aliphatic carbocycles. The molecule has 40 heavy (non-hydrogen) atoms. The Bertz CT molecular complexity index is 1540. The van der Waals surface area contributed by atoms with Crippen molar-refractivity contribution < 1.29 is 4.74 Å². The van der Waals surface area contributed by atoms with E-state index in [2.05, 4.69) is 153 Å². The van der Waals surface area contributed by atoms with E-state index in [0.29, 0.717) is 0 Å². The Morgan fingerprint density at radius 3 is 1.05 bits per heavy atom. The molecule has 5 aromatic carbocycles. The number of rotatable bonds is 3. The fraction of sp³-hybridized carbons (Fsp3) is 0.189. The van der Waals surface area contributed by atoms with Crippen molar-refractivity contribution in [2.24, 2.45) is 0 Å². The van der Waals surface area contributed by atoms with Crippen LogP contribution in [0.25, 0.3) is 0 Å². The zero-order valence-electron chi connectivity index (χ0n) is 23.8. The Kier molecular flexibility index (Phi) is 5.37. The van der Waals surface area contributed by atoms with Gasteiger partial charge in [0.05, 0.1) is 41.2 Å². The second-order valence-electron chi connectivity index (χ2n) is 11.9. The largest absolute Gasteiger partial charge is 0.497 e. The predicted molar refractivity (Wildman–Crippen MR) is 167 cm³/mol. The Morgan fingerprint density at radius 2 is 0.750 bits per heavy atom. The van der Waals surface area contributed by atoms with Gasteiger partial charge >= 0.3 is 0 Å². The van der Waals surface area contributed by atoms with Gasteiger partial charge in [-0.3, -0.25) is 0 Å². The summed E-state index contributed by atoms with van der Waals surface area (Å²) in [7, 11) is 1.76. The molecule has 7 rings (SSSR count). The highest BCUT2D eigenvalue weighted by Gasteiger charge is 2.39. The molecule has 198 valence electrons. The van der Waals surface area contributed by atoms with Gasteiger partial charge in [-0.15, -0.1) is 0 Å². The third-order valence-corrected chi connectivity index (χ3v) is 8.90. The first-order chi connectivity index (χ1) is 19.3. The average molecular weight is 523 g/mol. The molecule has 2 aliphatic heterocycles. The molecule has 0 saturated carbocycles. The van der Waals surface area contributed by atoms with Crippen molar-refractivity contribution in [1.29, 1.82) is 0 Å². The molecule has 2 heterocycles. The van der Waals surface area contributed by atoms with Crippen LogP contribution in [0.3, 0.4) is 0 Å². The molecule has 0 N–H and O–H groups in total. The smallest absolute Gasteiger partial charge is 0.123 e. The van der Waals surface area contributed by atoms with Crippen LogP contribution in [-0.2, 0) is 10.8 Å². The van der Waals surface area contributed by atoms with E-state index in [1.807, 2.05) is 0 Å². The fourth-order valence-corrected chi connectivity index (χ4v) is 6.84. The van der Waals surface area contributed by atoms with Crippen LogP contribution < -0.4 is 14.5 Å². The minimum Gasteiger partial charge on any atom is -0.497 e. The molecule has 3 nitrogen and oxygen atoms in total. The number of fused-ring (bicyclic) bond motifs is 4. The van der Waals surface area contributed by atoms with Gasteiger partial charge in [0.15, 0.2) is 0 Å². The van der Waals surface area contributed by atoms with Gasteiger partial charge in [-0.2, -0.15) is 0 Å². The van der Waals surface area contributed by atoms with Crippen LogP contribution >= 0.6 is 0 Å². The zero-order valence-corrected chi connectivity index (χ0v) is 23.8. The molecule has 0 unspecified atom stereocenters. The molecular weight excluding hydrogens is 488 g/mol. The zero-order chi connectivity index (χ0) is 27.6. The molecule has 2 aliphatic rings. The quantitative estimate of drug-likeness (QED) is 0.234. The van der Waals surface area contributed by atoms with E-state index >= 15 is 0 Å². The Balaban J connectivity index is 1.49. The monoisotopic (exact) mass is 522 g/mol. The minimum absolute atomic E-state index is 0.109. The molecule has 0 atom stereocenters. The lowest BCUT2D eigenvalue weighted by Crippen LogP contribution is -2.31. The van der Waals surface area contributed by atoms with Crippen LogP contribution in [0.1, 0.15) is 49.9 Å². The highest BCUT2D eigenvalue weighted by molar-refractivity contribution is 5.91. The van der Waals surface area contributed by atoms with Gasteiger partial charge in [0, 0.05) is 23.0 Å². The summed E-state index contributed by atoms with van der Waals surface area (Å²) >= 11 is 0. The van der Waals surface area contributed by atoms with E-state index in [1.165, 1.54) is 45.0 Å². The third kappa shape index (κ3) is 3.43. The lowest BCUT2D eigenvalue weighted by atomic mass is 9.73. The van der Waals surface area contributed by atoms with Gasteiger partial charge in [0.25, 0.3) is 0 Å². The second-order valence-corrected chi connectivity index (χ2v) is 11.9. The summed E-state index contributed by atoms with van der Waals surface area (Å²) in [6.07, 6.45) is 0. The van der Waals surface area contributed by atoms with Crippen molar-refractivity contribution in [1.82, 2.24) is 0 Å². The molecule has 0 spiro atoms. The van der Waals surface area contributed by atoms with Crippen molar-refractivity contribution in [2.45, 2.75) is 38.5 Å². The number of ether oxygens (including phenoxy) is 1. The lowest BCUT2D eigenvalue weighted by Gasteiger charge is -2.43. The van der Waals surface area contributed by atoms with Crippen molar-refractivity contribution in [3.63, 3.8) is 0 Å². The number of benzene rings is 5. The molecule has 5 aromatic rings. The van der Waals surface area contributed by atoms with E-state index in [4.69, 9.17) is 4.74 Å². The standard InChI is InChI=1S/C37H34N2O/c1-36(2)28-14-6-10-18-32(28)38(33-19-11-7-15-29(33)36)25-22-26(24-27(23-25)40-5)39-34-20-12-8-16-30(34)37(3,4)31-17-9-13-21-35(31)39/h6-24H,1-5H3. The van der Waals surface area contributed by atoms with Crippen LogP contribution in [0, 0.1) is 0 Å². The van der Waals surface area contributed by atoms with E-state index in [9.17, 15) is 0 Å². The first-order valence-electron chi connectivity index (χ1n) is 14.0. The normalized spacial score (nSPS) is 15.9. The summed E-state index contributed by atoms with van der Waals surface area (Å²) in [6.45, 7) is 9.29. The number of hydrogen-bond acceptors (Lipinski definition) is 3. The predicted octanol–water partition coefficient (Wildman–Crippen LogP) is 9.91. The highest BCUT2D eigenvalue weighted by Crippen LogP contribution is 2.55. The van der Waals surface area contributed by atoms with Gasteiger partial charge in [-0.1, -0.05) is 100 Å². The van der Waals surface area contributed by atoms with Crippen LogP contribution in [0.5, 0.6) is 5.75 Å². The van der Waals surface area contributed by atoms with E-state index in [-0.39, 0.29) is 10.8 Å². The van der Waals surface area contributed by atoms with Gasteiger partial charge in [-0.25, -0.2) is 0 Å². The summed E-state index contributed by atoms with van der Waals surface area (Å²) in [5, 5.41) is 0. The van der Waals surface area contributed by atoms with Gasteiger partial charge in [-0.05, 0) is 52.6 Å². The molecular formula is C37H34N2O. The molecule has 0 amide bonds. The summed E-state index contributed by atoms with van der Waals surface area (Å²) in [5.41, 5.74) is 12.0. The number of nitrogens with zero attached hydrogens (tertiary/aromatic N) is 2. The number of para-hydroxylation sites is 4. The number of anilines is 6. The van der Waals surface area contributed by atoms with E-state index in [1.54, 1.807) is 7.11 Å². The molecule has 0 fully saturated rings. The maximum absolute atomic E-state index is 5.96.